The second-order valence-electron chi connectivity index (χ2n) is 6.97. The summed E-state index contributed by atoms with van der Waals surface area (Å²) in [4.78, 5) is 21.3. The smallest absolute Gasteiger partial charge is 0.341 e. The molecular weight excluding hydrogens is 396 g/mol. The Kier molecular flexibility index (Phi) is 6.27. The van der Waals surface area contributed by atoms with E-state index < -0.39 is 6.03 Å². The predicted octanol–water partition coefficient (Wildman–Crippen LogP) is 3.23. The fraction of sp³-hybridized carbons (Fsp3) is 0.174. The maximum absolute atomic E-state index is 12.0. The van der Waals surface area contributed by atoms with Gasteiger partial charge in [-0.05, 0) is 23.8 Å². The number of ether oxygens (including phenoxy) is 1. The van der Waals surface area contributed by atoms with Crippen molar-refractivity contribution in [1.82, 2.24) is 10.0 Å². The topological polar surface area (TPSA) is 97.4 Å². The number of carbonyl (C=O) groups is 1. The molecule has 1 aliphatic rings. The number of oxime groups is 1. The molecule has 2 aromatic carbocycles. The van der Waals surface area contributed by atoms with Crippen LogP contribution in [-0.4, -0.2) is 40.9 Å². The van der Waals surface area contributed by atoms with Crippen LogP contribution in [0.25, 0.3) is 11.1 Å². The molecule has 2 N–H and O–H groups in total. The van der Waals surface area contributed by atoms with Crippen molar-refractivity contribution in [2.45, 2.75) is 12.5 Å². The summed E-state index contributed by atoms with van der Waals surface area (Å²) in [5.74, 6) is 0.782. The molecule has 3 aromatic rings. The third kappa shape index (κ3) is 5.51. The highest BCUT2D eigenvalue weighted by molar-refractivity contribution is 5.90. The Balaban J connectivity index is 1.27. The predicted molar refractivity (Wildman–Crippen MR) is 115 cm³/mol. The fourth-order valence-electron chi connectivity index (χ4n) is 3.13. The Bertz CT molecular complexity index is 1120. The van der Waals surface area contributed by atoms with E-state index in [2.05, 4.69) is 15.5 Å². The average Bonchev–Trinajstić information content (AvgIpc) is 3.27. The lowest BCUT2D eigenvalue weighted by Crippen LogP contribution is -2.29. The zero-order chi connectivity index (χ0) is 21.5. The Morgan fingerprint density at radius 3 is 2.68 bits per heavy atom. The van der Waals surface area contributed by atoms with Crippen LogP contribution in [0, 0.1) is 0 Å². The van der Waals surface area contributed by atoms with Crippen LogP contribution in [0.3, 0.4) is 0 Å². The van der Waals surface area contributed by atoms with E-state index >= 15 is 0 Å². The van der Waals surface area contributed by atoms with Gasteiger partial charge in [-0.1, -0.05) is 53.7 Å². The van der Waals surface area contributed by atoms with Crippen LogP contribution in [0.2, 0.25) is 0 Å². The maximum Gasteiger partial charge on any atom is 0.341 e. The van der Waals surface area contributed by atoms with Gasteiger partial charge in [-0.3, -0.25) is 0 Å². The van der Waals surface area contributed by atoms with E-state index in [1.54, 1.807) is 0 Å². The van der Waals surface area contributed by atoms with Crippen LogP contribution in [-0.2, 0) is 4.84 Å². The van der Waals surface area contributed by atoms with E-state index in [0.717, 1.165) is 27.3 Å². The zero-order valence-electron chi connectivity index (χ0n) is 16.7. The van der Waals surface area contributed by atoms with Gasteiger partial charge in [0.1, 0.15) is 12.4 Å². The van der Waals surface area contributed by atoms with E-state index in [0.29, 0.717) is 18.4 Å². The lowest BCUT2D eigenvalue weighted by atomic mass is 10.0. The molecule has 1 aliphatic heterocycles. The molecule has 0 bridgehead atoms. The summed E-state index contributed by atoms with van der Waals surface area (Å²) in [7, 11) is 0. The molecular formula is C23H22N4O4. The van der Waals surface area contributed by atoms with Gasteiger partial charge >= 0.3 is 6.03 Å². The summed E-state index contributed by atoms with van der Waals surface area (Å²) in [6.07, 6.45) is 3.12. The molecule has 0 fully saturated rings. The molecule has 0 saturated carbocycles. The third-order valence-electron chi connectivity index (χ3n) is 4.66. The molecule has 1 aromatic heterocycles. The normalized spacial score (nSPS) is 15.0. The van der Waals surface area contributed by atoms with E-state index in [4.69, 9.17) is 9.57 Å². The van der Waals surface area contributed by atoms with Crippen LogP contribution >= 0.6 is 0 Å². The summed E-state index contributed by atoms with van der Waals surface area (Å²) in [5, 5.41) is 16.4. The first-order valence-electron chi connectivity index (χ1n) is 9.86. The summed E-state index contributed by atoms with van der Waals surface area (Å²) >= 11 is 0. The minimum atomic E-state index is -0.491. The molecule has 0 radical (unpaired) electrons. The number of aromatic nitrogens is 1. The second-order valence-corrected chi connectivity index (χ2v) is 6.97. The molecule has 1 unspecified atom stereocenters. The number of amides is 2. The van der Waals surface area contributed by atoms with Crippen molar-refractivity contribution < 1.29 is 19.6 Å². The number of benzene rings is 2. The number of rotatable bonds is 6. The molecule has 2 heterocycles. The summed E-state index contributed by atoms with van der Waals surface area (Å²) in [6.45, 7) is 0.590. The summed E-state index contributed by atoms with van der Waals surface area (Å²) < 4.78 is 6.89. The van der Waals surface area contributed by atoms with Crippen molar-refractivity contribution in [3.05, 3.63) is 84.5 Å². The third-order valence-corrected chi connectivity index (χ3v) is 4.66. The number of nitrogens with one attached hydrogen (secondary N) is 1. The number of pyridine rings is 1. The SMILES string of the molecule is O=C(N=c1ccn(O)cc1)NCC1=NOC(COc2ccccc2-c2ccccc2)C1. The molecule has 0 aliphatic carbocycles. The number of hydrogen-bond acceptors (Lipinski definition) is 5. The van der Waals surface area contributed by atoms with Gasteiger partial charge in [-0.15, -0.1) is 0 Å². The Hall–Kier alpha value is -4.07. The number of para-hydroxylation sites is 1. The van der Waals surface area contributed by atoms with E-state index in [1.165, 1.54) is 24.5 Å². The van der Waals surface area contributed by atoms with Gasteiger partial charge in [0, 0.05) is 24.4 Å². The van der Waals surface area contributed by atoms with Crippen molar-refractivity contribution in [2.75, 3.05) is 13.2 Å². The molecule has 8 heteroatoms. The number of urea groups is 1. The standard InChI is InChI=1S/C23H22N4O4/c28-23(25-18-10-12-27(29)13-11-18)24-15-19-14-20(31-26-19)16-30-22-9-5-4-8-21(22)17-6-2-1-3-7-17/h1-13,20,29H,14-16H2,(H,24,28). The van der Waals surface area contributed by atoms with Crippen LogP contribution in [0.1, 0.15) is 6.42 Å². The quantitative estimate of drug-likeness (QED) is 0.601. The number of carbonyl (C=O) groups excluding carboxylic acids is 1. The highest BCUT2D eigenvalue weighted by atomic mass is 16.7. The highest BCUT2D eigenvalue weighted by Crippen LogP contribution is 2.30. The molecule has 0 saturated heterocycles. The van der Waals surface area contributed by atoms with Crippen LogP contribution in [0.4, 0.5) is 4.79 Å². The van der Waals surface area contributed by atoms with Crippen LogP contribution < -0.4 is 15.4 Å². The first kappa shape index (κ1) is 20.2. The molecule has 158 valence electrons. The largest absolute Gasteiger partial charge is 0.489 e. The van der Waals surface area contributed by atoms with Gasteiger partial charge in [0.05, 0.1) is 17.6 Å². The van der Waals surface area contributed by atoms with Crippen molar-refractivity contribution in [3.63, 3.8) is 0 Å². The molecule has 31 heavy (non-hydrogen) atoms. The summed E-state index contributed by atoms with van der Waals surface area (Å²) in [6, 6.07) is 20.5. The van der Waals surface area contributed by atoms with Gasteiger partial charge in [0.15, 0.2) is 6.10 Å². The molecule has 1 atom stereocenters. The average molecular weight is 418 g/mol. The first-order chi connectivity index (χ1) is 15.2. The number of hydrogen-bond donors (Lipinski definition) is 2. The Morgan fingerprint density at radius 1 is 1.13 bits per heavy atom. The van der Waals surface area contributed by atoms with Gasteiger partial charge in [0.2, 0.25) is 0 Å². The molecule has 2 amide bonds. The van der Waals surface area contributed by atoms with Crippen LogP contribution in [0.15, 0.2) is 89.3 Å². The first-order valence-corrected chi connectivity index (χ1v) is 9.86. The molecule has 0 spiro atoms. The fourth-order valence-corrected chi connectivity index (χ4v) is 3.13. The maximum atomic E-state index is 12.0. The van der Waals surface area contributed by atoms with Crippen LogP contribution in [0.5, 0.6) is 5.75 Å². The van der Waals surface area contributed by atoms with Crippen molar-refractivity contribution >= 4 is 11.7 Å². The van der Waals surface area contributed by atoms with Gasteiger partial charge in [-0.25, -0.2) is 9.52 Å². The molecule has 4 rings (SSSR count). The highest BCUT2D eigenvalue weighted by Gasteiger charge is 2.22. The Labute approximate surface area is 179 Å². The Morgan fingerprint density at radius 2 is 1.87 bits per heavy atom. The van der Waals surface area contributed by atoms with Crippen molar-refractivity contribution in [1.29, 1.82) is 0 Å². The van der Waals surface area contributed by atoms with Gasteiger partial charge in [-0.2, -0.15) is 4.99 Å². The zero-order valence-corrected chi connectivity index (χ0v) is 16.7. The lowest BCUT2D eigenvalue weighted by Gasteiger charge is -2.14. The summed E-state index contributed by atoms with van der Waals surface area (Å²) in [5.41, 5.74) is 2.82. The monoisotopic (exact) mass is 418 g/mol. The second kappa shape index (κ2) is 9.62. The van der Waals surface area contributed by atoms with E-state index in [9.17, 15) is 10.0 Å². The minimum Gasteiger partial charge on any atom is -0.489 e. The van der Waals surface area contributed by atoms with E-state index in [-0.39, 0.29) is 12.6 Å². The van der Waals surface area contributed by atoms with Crippen molar-refractivity contribution in [2.24, 2.45) is 10.1 Å². The van der Waals surface area contributed by atoms with Gasteiger partial charge < -0.3 is 20.1 Å². The lowest BCUT2D eigenvalue weighted by molar-refractivity contribution is 0.0472. The number of nitrogens with zero attached hydrogens (tertiary/aromatic N) is 3. The molecule has 8 nitrogen and oxygen atoms in total. The van der Waals surface area contributed by atoms with Crippen molar-refractivity contribution in [3.8, 4) is 16.9 Å². The minimum absolute atomic E-state index is 0.221. The van der Waals surface area contributed by atoms with Gasteiger partial charge in [0.25, 0.3) is 0 Å². The van der Waals surface area contributed by atoms with E-state index in [1.807, 2.05) is 54.6 Å².